The van der Waals surface area contributed by atoms with Gasteiger partial charge in [0.2, 0.25) is 41.4 Å². The molecule has 1 aromatic carbocycles. The van der Waals surface area contributed by atoms with Crippen LogP contribution in [0.1, 0.15) is 99.0 Å². The molecule has 0 aliphatic rings. The molecule has 0 saturated carbocycles. The minimum Gasteiger partial charge on any atom is -0.481 e. The smallest absolute Gasteiger partial charge is 0.326 e. The first-order valence-electron chi connectivity index (χ1n) is 20.9. The number of carbonyl (C=O) groups excluding carboxylic acids is 7. The average Bonchev–Trinajstić information content (AvgIpc) is 3.60. The van der Waals surface area contributed by atoms with Crippen LogP contribution in [-0.4, -0.2) is 111 Å². The summed E-state index contributed by atoms with van der Waals surface area (Å²) in [7, 11) is 0. The van der Waals surface area contributed by atoms with E-state index in [2.05, 4.69) is 36.9 Å². The van der Waals surface area contributed by atoms with Gasteiger partial charge in [-0.25, -0.2) is 4.79 Å². The average molecular weight is 872 g/mol. The second-order valence-electron chi connectivity index (χ2n) is 16.5. The molecule has 1 aromatic heterocycles. The molecule has 344 valence electrons. The van der Waals surface area contributed by atoms with Crippen LogP contribution in [0.5, 0.6) is 0 Å². The first-order chi connectivity index (χ1) is 29.0. The lowest BCUT2D eigenvalue weighted by Crippen LogP contribution is -2.60. The van der Waals surface area contributed by atoms with Crippen molar-refractivity contribution in [3.05, 3.63) is 36.0 Å². The summed E-state index contributed by atoms with van der Waals surface area (Å²) in [5.41, 5.74) is 12.6. The van der Waals surface area contributed by atoms with Crippen molar-refractivity contribution in [2.24, 2.45) is 29.2 Å². The summed E-state index contributed by atoms with van der Waals surface area (Å²) < 4.78 is 0. The van der Waals surface area contributed by atoms with Crippen LogP contribution in [-0.2, 0) is 49.6 Å². The molecule has 0 spiro atoms. The van der Waals surface area contributed by atoms with Gasteiger partial charge >= 0.3 is 11.9 Å². The van der Waals surface area contributed by atoms with Crippen molar-refractivity contribution in [1.82, 2.24) is 36.9 Å². The summed E-state index contributed by atoms with van der Waals surface area (Å²) >= 11 is 0. The van der Waals surface area contributed by atoms with E-state index in [1.165, 1.54) is 6.92 Å². The van der Waals surface area contributed by atoms with E-state index in [0.717, 1.165) is 10.9 Å². The molecule has 13 N–H and O–H groups in total. The number of hydrogen-bond donors (Lipinski definition) is 11. The molecule has 2 rings (SSSR count). The molecule has 8 atom stereocenters. The minimum absolute atomic E-state index is 0.0901. The lowest BCUT2D eigenvalue weighted by atomic mass is 9.98. The number of carbonyl (C=O) groups is 9. The van der Waals surface area contributed by atoms with Crippen molar-refractivity contribution >= 4 is 64.2 Å². The fourth-order valence-corrected chi connectivity index (χ4v) is 6.49. The molecule has 62 heavy (non-hydrogen) atoms. The van der Waals surface area contributed by atoms with Gasteiger partial charge in [0.1, 0.15) is 36.3 Å². The van der Waals surface area contributed by atoms with Crippen molar-refractivity contribution in [2.75, 3.05) is 0 Å². The molecule has 0 saturated heterocycles. The maximum atomic E-state index is 14.3. The number of carboxylic acids is 2. The van der Waals surface area contributed by atoms with Crippen molar-refractivity contribution in [3.8, 4) is 0 Å². The molecule has 20 heteroatoms. The molecule has 7 amide bonds. The number of benzene rings is 1. The van der Waals surface area contributed by atoms with E-state index < -0.39 is 102 Å². The van der Waals surface area contributed by atoms with Gasteiger partial charge in [-0.3, -0.25) is 38.4 Å². The summed E-state index contributed by atoms with van der Waals surface area (Å²) in [4.78, 5) is 119. The lowest BCUT2D eigenvalue weighted by molar-refractivity contribution is -0.142. The molecule has 0 aliphatic heterocycles. The van der Waals surface area contributed by atoms with Crippen molar-refractivity contribution in [3.63, 3.8) is 0 Å². The van der Waals surface area contributed by atoms with Crippen LogP contribution in [0.2, 0.25) is 0 Å². The number of nitrogens with two attached hydrogens (primary N) is 2. The Morgan fingerprint density at radius 2 is 1.11 bits per heavy atom. The van der Waals surface area contributed by atoms with E-state index in [4.69, 9.17) is 11.5 Å². The molecule has 0 unspecified atom stereocenters. The molecular formula is C42H65N9O11. The molecule has 0 radical (unpaired) electrons. The highest BCUT2D eigenvalue weighted by molar-refractivity contribution is 5.97. The highest BCUT2D eigenvalue weighted by atomic mass is 16.4. The Morgan fingerprint density at radius 3 is 1.65 bits per heavy atom. The largest absolute Gasteiger partial charge is 0.481 e. The third-order valence-corrected chi connectivity index (χ3v) is 10.3. The van der Waals surface area contributed by atoms with Gasteiger partial charge in [0.25, 0.3) is 0 Å². The molecule has 1 heterocycles. The number of nitrogens with one attached hydrogen (secondary N) is 7. The number of aromatic nitrogens is 1. The number of aliphatic carboxylic acids is 2. The number of H-pyrrole nitrogens is 1. The minimum atomic E-state index is -1.45. The van der Waals surface area contributed by atoms with Crippen LogP contribution < -0.4 is 43.4 Å². The van der Waals surface area contributed by atoms with E-state index in [0.29, 0.717) is 12.0 Å². The van der Waals surface area contributed by atoms with Gasteiger partial charge in [-0.1, -0.05) is 66.2 Å². The predicted molar refractivity (Wildman–Crippen MR) is 229 cm³/mol. The maximum absolute atomic E-state index is 14.3. The third-order valence-electron chi connectivity index (χ3n) is 10.3. The quantitative estimate of drug-likeness (QED) is 0.0579. The van der Waals surface area contributed by atoms with Gasteiger partial charge in [-0.05, 0) is 62.0 Å². The third kappa shape index (κ3) is 17.1. The number of carboxylic acid groups (broad SMARTS) is 2. The standard InChI is InChI=1S/C42H65N9O11/c1-8-23(6)35(44)41(60)47-28(14-16-34(53)54)37(56)51-32(19-25-20-45-27-12-10-9-11-26(25)27)40(59)50-31(18-22(4)5)39(58)49-30(17-21(2)3)38(57)46-24(7)36(55)48-29(42(61)62)13-15-33(43)52/h9-12,20-24,28-32,35,45H,8,13-19,44H2,1-7H3,(H2,43,52)(H,46,57)(H,47,60)(H,48,55)(H,49,58)(H,50,59)(H,51,56)(H,53,54)(H,61,62)/t23-,24-,28-,29-,30-,31-,32-,35-/m0/s1. The Hall–Kier alpha value is -6.05. The zero-order valence-electron chi connectivity index (χ0n) is 36.5. The van der Waals surface area contributed by atoms with Crippen molar-refractivity contribution in [2.45, 2.75) is 142 Å². The Balaban J connectivity index is 2.42. The van der Waals surface area contributed by atoms with Gasteiger partial charge in [0.15, 0.2) is 0 Å². The predicted octanol–water partition coefficient (Wildman–Crippen LogP) is 0.320. The Bertz CT molecular complexity index is 1900. The van der Waals surface area contributed by atoms with E-state index in [1.807, 2.05) is 39.0 Å². The van der Waals surface area contributed by atoms with E-state index >= 15 is 0 Å². The first kappa shape index (κ1) is 52.1. The maximum Gasteiger partial charge on any atom is 0.326 e. The van der Waals surface area contributed by atoms with Crippen LogP contribution in [0.25, 0.3) is 10.9 Å². The molecule has 0 aliphatic carbocycles. The zero-order valence-corrected chi connectivity index (χ0v) is 36.5. The number of para-hydroxylation sites is 1. The van der Waals surface area contributed by atoms with Crippen LogP contribution in [0.4, 0.5) is 0 Å². The summed E-state index contributed by atoms with van der Waals surface area (Å²) in [6.45, 7) is 12.1. The number of fused-ring (bicyclic) bond motifs is 1. The molecule has 0 bridgehead atoms. The number of primary amides is 1. The summed E-state index contributed by atoms with van der Waals surface area (Å²) in [5.74, 6) is -8.64. The van der Waals surface area contributed by atoms with Gasteiger partial charge in [0, 0.05) is 36.4 Å². The SMILES string of the molecule is CC[C@H](C)[C@H](N)C(=O)N[C@@H](CCC(=O)O)C(=O)N[C@@H](Cc1c[nH]c2ccccc12)C(=O)N[C@@H](CC(C)C)C(=O)N[C@@H](CC(C)C)C(=O)N[C@@H](C)C(=O)N[C@@H](CCC(N)=O)C(=O)O. The number of rotatable bonds is 27. The normalized spacial score (nSPS) is 15.2. The van der Waals surface area contributed by atoms with Gasteiger partial charge in [-0.2, -0.15) is 0 Å². The number of hydrogen-bond acceptors (Lipinski definition) is 10. The lowest BCUT2D eigenvalue weighted by Gasteiger charge is -2.28. The second-order valence-corrected chi connectivity index (χ2v) is 16.5. The van der Waals surface area contributed by atoms with E-state index in [-0.39, 0.29) is 56.3 Å². The highest BCUT2D eigenvalue weighted by Gasteiger charge is 2.34. The van der Waals surface area contributed by atoms with Crippen LogP contribution >= 0.6 is 0 Å². The summed E-state index contributed by atoms with van der Waals surface area (Å²) in [6, 6.07) is -1.65. The molecule has 2 aromatic rings. The van der Waals surface area contributed by atoms with E-state index in [9.17, 15) is 53.4 Å². The number of amides is 7. The fourth-order valence-electron chi connectivity index (χ4n) is 6.49. The van der Waals surface area contributed by atoms with Crippen LogP contribution in [0, 0.1) is 17.8 Å². The second kappa shape index (κ2) is 25.0. The monoisotopic (exact) mass is 871 g/mol. The Labute approximate surface area is 361 Å². The van der Waals surface area contributed by atoms with Gasteiger partial charge < -0.3 is 58.6 Å². The van der Waals surface area contributed by atoms with Gasteiger partial charge in [-0.15, -0.1) is 0 Å². The molecular weight excluding hydrogens is 807 g/mol. The van der Waals surface area contributed by atoms with Crippen LogP contribution in [0.3, 0.4) is 0 Å². The topological polar surface area (TPSA) is 334 Å². The first-order valence-corrected chi connectivity index (χ1v) is 20.9. The van der Waals surface area contributed by atoms with Crippen molar-refractivity contribution in [1.29, 1.82) is 0 Å². The van der Waals surface area contributed by atoms with Crippen molar-refractivity contribution < 1.29 is 53.4 Å². The summed E-state index contributed by atoms with van der Waals surface area (Å²) in [6.07, 6.45) is 0.971. The van der Waals surface area contributed by atoms with Gasteiger partial charge in [0.05, 0.1) is 6.04 Å². The Morgan fingerprint density at radius 1 is 0.629 bits per heavy atom. The van der Waals surface area contributed by atoms with Crippen LogP contribution in [0.15, 0.2) is 30.5 Å². The number of aromatic amines is 1. The molecule has 0 fully saturated rings. The zero-order chi connectivity index (χ0) is 46.8. The fraction of sp³-hybridized carbons (Fsp3) is 0.595. The van der Waals surface area contributed by atoms with E-state index in [1.54, 1.807) is 33.0 Å². The summed E-state index contributed by atoms with van der Waals surface area (Å²) in [5, 5.41) is 35.1. The Kier molecular flexibility index (Phi) is 21.0. The molecule has 20 nitrogen and oxygen atoms in total. The highest BCUT2D eigenvalue weighted by Crippen LogP contribution is 2.20.